The molecule has 7 heteroatoms. The normalized spacial score (nSPS) is 19.7. The van der Waals surface area contributed by atoms with Crippen molar-refractivity contribution in [3.05, 3.63) is 83.5 Å². The van der Waals surface area contributed by atoms with E-state index < -0.39 is 34.6 Å². The van der Waals surface area contributed by atoms with Crippen LogP contribution in [0.1, 0.15) is 31.9 Å². The fraction of sp³-hybridized carbons (Fsp3) is 0.259. The predicted octanol–water partition coefficient (Wildman–Crippen LogP) is 4.09. The first kappa shape index (κ1) is 23.2. The van der Waals surface area contributed by atoms with Crippen LogP contribution in [0.4, 0.5) is 10.5 Å². The first-order valence-electron chi connectivity index (χ1n) is 10.9. The van der Waals surface area contributed by atoms with Crippen molar-refractivity contribution in [3.63, 3.8) is 0 Å². The molecule has 0 bridgehead atoms. The van der Waals surface area contributed by atoms with Crippen LogP contribution in [0.3, 0.4) is 0 Å². The number of allylic oxidation sites excluding steroid dienone is 3. The summed E-state index contributed by atoms with van der Waals surface area (Å²) in [4.78, 5) is 53.8. The number of rotatable bonds is 4. The first-order valence-corrected chi connectivity index (χ1v) is 10.9. The fourth-order valence-corrected chi connectivity index (χ4v) is 4.39. The Balaban J connectivity index is 1.95. The number of carbonyl (C=O) groups is 4. The first-order chi connectivity index (χ1) is 16.1. The van der Waals surface area contributed by atoms with E-state index in [-0.39, 0.29) is 12.0 Å². The molecule has 174 valence electrons. The van der Waals surface area contributed by atoms with Crippen LogP contribution < -0.4 is 9.64 Å². The Morgan fingerprint density at radius 3 is 2.44 bits per heavy atom. The van der Waals surface area contributed by atoms with E-state index in [1.807, 2.05) is 6.07 Å². The zero-order valence-electron chi connectivity index (χ0n) is 19.5. The predicted molar refractivity (Wildman–Crippen MR) is 126 cm³/mol. The number of imide groups is 1. The highest BCUT2D eigenvalue weighted by Crippen LogP contribution is 2.49. The number of anilines is 1. The number of carbonyl (C=O) groups excluding carboxylic acids is 4. The summed E-state index contributed by atoms with van der Waals surface area (Å²) in [6.07, 6.45) is 2.72. The van der Waals surface area contributed by atoms with Crippen LogP contribution in [0.5, 0.6) is 5.75 Å². The van der Waals surface area contributed by atoms with Gasteiger partial charge < -0.3 is 9.47 Å². The lowest BCUT2D eigenvalue weighted by Gasteiger charge is -2.31. The van der Waals surface area contributed by atoms with E-state index in [0.29, 0.717) is 22.6 Å². The third-order valence-corrected chi connectivity index (χ3v) is 5.76. The molecule has 7 nitrogen and oxygen atoms in total. The van der Waals surface area contributed by atoms with Gasteiger partial charge in [0.1, 0.15) is 16.8 Å². The molecule has 2 aromatic rings. The van der Waals surface area contributed by atoms with Crippen molar-refractivity contribution < 1.29 is 28.7 Å². The lowest BCUT2D eigenvalue weighted by Crippen LogP contribution is -2.48. The van der Waals surface area contributed by atoms with Crippen molar-refractivity contribution in [2.24, 2.45) is 0 Å². The molecule has 1 aliphatic carbocycles. The summed E-state index contributed by atoms with van der Waals surface area (Å²) in [5.41, 5.74) is -0.951. The summed E-state index contributed by atoms with van der Waals surface area (Å²) in [6.45, 7) is 5.12. The Hall–Kier alpha value is -4.00. The average Bonchev–Trinajstić information content (AvgIpc) is 3.03. The van der Waals surface area contributed by atoms with Gasteiger partial charge >= 0.3 is 6.09 Å². The minimum atomic E-state index is -1.60. The second-order valence-corrected chi connectivity index (χ2v) is 9.23. The number of ether oxygens (including phenoxy) is 2. The molecule has 2 aliphatic rings. The van der Waals surface area contributed by atoms with Crippen molar-refractivity contribution in [3.8, 4) is 5.75 Å². The van der Waals surface area contributed by atoms with E-state index in [1.54, 1.807) is 63.2 Å². The number of nitrogens with zero attached hydrogens (tertiary/aromatic N) is 1. The number of ketones is 2. The zero-order chi connectivity index (χ0) is 24.7. The maximum absolute atomic E-state index is 14.2. The average molecular weight is 459 g/mol. The summed E-state index contributed by atoms with van der Waals surface area (Å²) in [7, 11) is 1.53. The molecule has 1 aliphatic heterocycles. The van der Waals surface area contributed by atoms with E-state index in [9.17, 15) is 19.2 Å². The van der Waals surface area contributed by atoms with Crippen LogP contribution in [-0.2, 0) is 31.0 Å². The molecule has 0 fully saturated rings. The Morgan fingerprint density at radius 1 is 1.00 bits per heavy atom. The van der Waals surface area contributed by atoms with Crippen molar-refractivity contribution in [1.82, 2.24) is 0 Å². The minimum Gasteiger partial charge on any atom is -0.497 e. The molecule has 34 heavy (non-hydrogen) atoms. The summed E-state index contributed by atoms with van der Waals surface area (Å²) in [5, 5.41) is 0. The van der Waals surface area contributed by atoms with E-state index in [1.165, 1.54) is 19.3 Å². The lowest BCUT2D eigenvalue weighted by atomic mass is 9.68. The van der Waals surface area contributed by atoms with Gasteiger partial charge in [-0.2, -0.15) is 0 Å². The van der Waals surface area contributed by atoms with Gasteiger partial charge in [0.25, 0.3) is 5.91 Å². The van der Waals surface area contributed by atoms with Crippen LogP contribution in [0.15, 0.2) is 72.3 Å². The number of hydrogen-bond donors (Lipinski definition) is 0. The van der Waals surface area contributed by atoms with Gasteiger partial charge in [0, 0.05) is 5.57 Å². The Bertz CT molecular complexity index is 1270. The van der Waals surface area contributed by atoms with E-state index in [4.69, 9.17) is 9.47 Å². The summed E-state index contributed by atoms with van der Waals surface area (Å²) in [5.74, 6) is -0.930. The molecular weight excluding hydrogens is 434 g/mol. The number of benzene rings is 2. The molecule has 1 heterocycles. The number of fused-ring (bicyclic) bond motifs is 1. The van der Waals surface area contributed by atoms with Gasteiger partial charge in [-0.3, -0.25) is 14.4 Å². The molecular formula is C27H25NO6. The van der Waals surface area contributed by atoms with Crippen LogP contribution in [0.25, 0.3) is 0 Å². The maximum atomic E-state index is 14.2. The monoisotopic (exact) mass is 459 g/mol. The van der Waals surface area contributed by atoms with Crippen molar-refractivity contribution >= 4 is 29.3 Å². The number of methoxy groups -OCH3 is 1. The number of hydrogen-bond acceptors (Lipinski definition) is 6. The van der Waals surface area contributed by atoms with Crippen molar-refractivity contribution in [2.75, 3.05) is 12.0 Å². The molecule has 0 N–H and O–H groups in total. The van der Waals surface area contributed by atoms with Crippen LogP contribution >= 0.6 is 0 Å². The van der Waals surface area contributed by atoms with E-state index in [2.05, 4.69) is 0 Å². The Kier molecular flexibility index (Phi) is 5.73. The molecule has 0 saturated carbocycles. The van der Waals surface area contributed by atoms with Crippen LogP contribution in [0.2, 0.25) is 0 Å². The van der Waals surface area contributed by atoms with Crippen LogP contribution in [0, 0.1) is 0 Å². The highest BCUT2D eigenvalue weighted by molar-refractivity contribution is 6.29. The van der Waals surface area contributed by atoms with E-state index in [0.717, 1.165) is 11.0 Å². The lowest BCUT2D eigenvalue weighted by molar-refractivity contribution is -0.124. The summed E-state index contributed by atoms with van der Waals surface area (Å²) < 4.78 is 10.9. The zero-order valence-corrected chi connectivity index (χ0v) is 19.5. The third kappa shape index (κ3) is 3.94. The summed E-state index contributed by atoms with van der Waals surface area (Å²) in [6, 6.07) is 13.9. The van der Waals surface area contributed by atoms with Gasteiger partial charge in [-0.15, -0.1) is 0 Å². The van der Waals surface area contributed by atoms with Gasteiger partial charge in [0.15, 0.2) is 11.6 Å². The van der Waals surface area contributed by atoms with Crippen LogP contribution in [-0.4, -0.2) is 36.3 Å². The second-order valence-electron chi connectivity index (χ2n) is 9.23. The van der Waals surface area contributed by atoms with Gasteiger partial charge in [-0.25, -0.2) is 9.69 Å². The maximum Gasteiger partial charge on any atom is 0.421 e. The fourth-order valence-electron chi connectivity index (χ4n) is 4.39. The molecule has 1 unspecified atom stereocenters. The van der Waals surface area contributed by atoms with Gasteiger partial charge in [0.05, 0.1) is 12.8 Å². The Morgan fingerprint density at radius 2 is 1.74 bits per heavy atom. The van der Waals surface area contributed by atoms with E-state index >= 15 is 0 Å². The standard InChI is InChI=1S/C27H25NO6/c1-26(2,3)34-25(32)28-22-11-6-5-10-20(22)27(24(28)31,21-15-18(29)12-13-23(21)30)16-17-8-7-9-19(14-17)33-4/h5-15H,16H2,1-4H3. The number of amides is 2. The van der Waals surface area contributed by atoms with Crippen molar-refractivity contribution in [1.29, 1.82) is 0 Å². The third-order valence-electron chi connectivity index (χ3n) is 5.76. The molecule has 4 rings (SSSR count). The van der Waals surface area contributed by atoms with Gasteiger partial charge in [0.2, 0.25) is 0 Å². The SMILES string of the molecule is COc1cccc(CC2(C3=CC(=O)C=CC3=O)C(=O)N(C(=O)OC(C)(C)C)c3ccccc32)c1. The molecule has 2 aromatic carbocycles. The van der Waals surface area contributed by atoms with Gasteiger partial charge in [-0.1, -0.05) is 30.3 Å². The molecule has 0 saturated heterocycles. The largest absolute Gasteiger partial charge is 0.497 e. The molecule has 0 radical (unpaired) electrons. The molecule has 0 aromatic heterocycles. The topological polar surface area (TPSA) is 90.0 Å². The van der Waals surface area contributed by atoms with Gasteiger partial charge in [-0.05, 0) is 74.7 Å². The highest BCUT2D eigenvalue weighted by Gasteiger charge is 2.57. The number of para-hydroxylation sites is 1. The highest BCUT2D eigenvalue weighted by atomic mass is 16.6. The Labute approximate surface area is 197 Å². The summed E-state index contributed by atoms with van der Waals surface area (Å²) >= 11 is 0. The quantitative estimate of drug-likeness (QED) is 0.640. The molecule has 2 amide bonds. The minimum absolute atomic E-state index is 0.0197. The second kappa shape index (κ2) is 8.41. The molecule has 1 atom stereocenters. The smallest absolute Gasteiger partial charge is 0.421 e. The molecule has 0 spiro atoms. The van der Waals surface area contributed by atoms with Crippen molar-refractivity contribution in [2.45, 2.75) is 38.2 Å².